The summed E-state index contributed by atoms with van der Waals surface area (Å²) in [4.78, 5) is 2.28. The third kappa shape index (κ3) is 4.28. The molecule has 0 aliphatic carbocycles. The molecule has 1 fully saturated rings. The number of likely N-dealkylation sites (tertiary alicyclic amines) is 1. The third-order valence-corrected chi connectivity index (χ3v) is 5.32. The van der Waals surface area contributed by atoms with Crippen molar-refractivity contribution in [1.82, 2.24) is 15.1 Å². The van der Waals surface area contributed by atoms with Gasteiger partial charge in [-0.15, -0.1) is 5.10 Å². The maximum Gasteiger partial charge on any atom is 0.416 e. The molecule has 0 radical (unpaired) electrons. The Labute approximate surface area is 161 Å². The number of aromatic hydroxyl groups is 1. The molecule has 1 saturated heterocycles. The van der Waals surface area contributed by atoms with Crippen LogP contribution in [0, 0.1) is 12.8 Å². The predicted octanol–water partition coefficient (Wildman–Crippen LogP) is 3.94. The fourth-order valence-corrected chi connectivity index (χ4v) is 3.70. The first kappa shape index (κ1) is 20.5. The highest BCUT2D eigenvalue weighted by Gasteiger charge is 2.32. The summed E-state index contributed by atoms with van der Waals surface area (Å²) >= 11 is 0. The molecule has 1 aromatic carbocycles. The predicted molar refractivity (Wildman–Crippen MR) is 98.7 cm³/mol. The summed E-state index contributed by atoms with van der Waals surface area (Å²) in [6.07, 6.45) is -3.37. The SMILES string of the molecule is CCN1CCCC(C(O)c2cc(C)c(-c3ccc(C(F)(F)F)cc3O)nn2)C1. The number of hydrogen-bond donors (Lipinski definition) is 2. The van der Waals surface area contributed by atoms with Gasteiger partial charge < -0.3 is 15.1 Å². The number of halogens is 3. The molecule has 2 atom stereocenters. The zero-order chi connectivity index (χ0) is 20.5. The van der Waals surface area contributed by atoms with Crippen LogP contribution in [0.3, 0.4) is 0 Å². The van der Waals surface area contributed by atoms with Gasteiger partial charge in [0.1, 0.15) is 11.9 Å². The van der Waals surface area contributed by atoms with Crippen molar-refractivity contribution in [1.29, 1.82) is 0 Å². The Morgan fingerprint density at radius 3 is 2.61 bits per heavy atom. The molecule has 2 N–H and O–H groups in total. The van der Waals surface area contributed by atoms with Crippen LogP contribution in [0.1, 0.15) is 42.7 Å². The summed E-state index contributed by atoms with van der Waals surface area (Å²) in [5.41, 5.74) is 0.608. The van der Waals surface area contributed by atoms with Gasteiger partial charge in [-0.05, 0) is 62.7 Å². The van der Waals surface area contributed by atoms with E-state index in [1.807, 2.05) is 0 Å². The fraction of sp³-hybridized carbons (Fsp3) is 0.500. The number of alkyl halides is 3. The lowest BCUT2D eigenvalue weighted by atomic mass is 9.90. The van der Waals surface area contributed by atoms with E-state index in [9.17, 15) is 23.4 Å². The zero-order valence-corrected chi connectivity index (χ0v) is 15.9. The maximum atomic E-state index is 12.8. The first-order valence-corrected chi connectivity index (χ1v) is 9.36. The number of benzene rings is 1. The molecule has 0 bridgehead atoms. The molecule has 0 spiro atoms. The number of phenols is 1. The van der Waals surface area contributed by atoms with Crippen LogP contribution in [0.5, 0.6) is 5.75 Å². The van der Waals surface area contributed by atoms with E-state index in [2.05, 4.69) is 22.0 Å². The highest BCUT2D eigenvalue weighted by atomic mass is 19.4. The smallest absolute Gasteiger partial charge is 0.416 e. The van der Waals surface area contributed by atoms with Gasteiger partial charge in [0, 0.05) is 18.0 Å². The highest BCUT2D eigenvalue weighted by molar-refractivity contribution is 5.69. The molecule has 0 saturated carbocycles. The first-order valence-electron chi connectivity index (χ1n) is 9.36. The lowest BCUT2D eigenvalue weighted by molar-refractivity contribution is -0.137. The molecule has 1 aliphatic heterocycles. The number of aryl methyl sites for hydroxylation is 1. The lowest BCUT2D eigenvalue weighted by Crippen LogP contribution is -2.37. The van der Waals surface area contributed by atoms with Gasteiger partial charge in [-0.3, -0.25) is 0 Å². The van der Waals surface area contributed by atoms with Crippen molar-refractivity contribution >= 4 is 0 Å². The summed E-state index contributed by atoms with van der Waals surface area (Å²) < 4.78 is 38.3. The Hall–Kier alpha value is -2.19. The number of hydrogen-bond acceptors (Lipinski definition) is 5. The Morgan fingerprint density at radius 2 is 2.00 bits per heavy atom. The topological polar surface area (TPSA) is 69.5 Å². The Bertz CT molecular complexity index is 842. The van der Waals surface area contributed by atoms with Gasteiger partial charge in [0.25, 0.3) is 0 Å². The summed E-state index contributed by atoms with van der Waals surface area (Å²) in [5.74, 6) is -0.445. The van der Waals surface area contributed by atoms with Crippen LogP contribution in [0.4, 0.5) is 13.2 Å². The zero-order valence-electron chi connectivity index (χ0n) is 15.9. The summed E-state index contributed by atoms with van der Waals surface area (Å²) in [5, 5.41) is 29.0. The van der Waals surface area contributed by atoms with Gasteiger partial charge in [0.05, 0.1) is 17.0 Å². The minimum atomic E-state index is -4.53. The van der Waals surface area contributed by atoms with Crippen LogP contribution in [0.2, 0.25) is 0 Å². The lowest BCUT2D eigenvalue weighted by Gasteiger charge is -2.34. The maximum absolute atomic E-state index is 12.8. The fourth-order valence-electron chi connectivity index (χ4n) is 3.70. The van der Waals surface area contributed by atoms with E-state index in [0.29, 0.717) is 23.0 Å². The van der Waals surface area contributed by atoms with Crippen molar-refractivity contribution in [2.45, 2.75) is 39.0 Å². The molecule has 1 aliphatic rings. The van der Waals surface area contributed by atoms with E-state index < -0.39 is 23.6 Å². The highest BCUT2D eigenvalue weighted by Crippen LogP contribution is 2.37. The molecule has 2 unspecified atom stereocenters. The van der Waals surface area contributed by atoms with E-state index >= 15 is 0 Å². The molecule has 2 aromatic rings. The molecule has 152 valence electrons. The second-order valence-corrected chi connectivity index (χ2v) is 7.27. The molecule has 5 nitrogen and oxygen atoms in total. The van der Waals surface area contributed by atoms with Gasteiger partial charge in [-0.2, -0.15) is 18.3 Å². The van der Waals surface area contributed by atoms with Crippen LogP contribution in [0.15, 0.2) is 24.3 Å². The Kier molecular flexibility index (Phi) is 5.90. The second kappa shape index (κ2) is 8.05. The van der Waals surface area contributed by atoms with Gasteiger partial charge in [0.2, 0.25) is 0 Å². The molecule has 2 heterocycles. The van der Waals surface area contributed by atoms with Crippen molar-refractivity contribution in [2.75, 3.05) is 19.6 Å². The van der Waals surface area contributed by atoms with E-state index in [4.69, 9.17) is 0 Å². The van der Waals surface area contributed by atoms with Crippen molar-refractivity contribution in [3.8, 4) is 17.0 Å². The normalized spacial score (nSPS) is 19.6. The molecular formula is C20H24F3N3O2. The van der Waals surface area contributed by atoms with E-state index in [1.165, 1.54) is 6.07 Å². The molecule has 0 amide bonds. The molecule has 1 aromatic heterocycles. The quantitative estimate of drug-likeness (QED) is 0.821. The van der Waals surface area contributed by atoms with Crippen molar-refractivity contribution in [3.63, 3.8) is 0 Å². The molecular weight excluding hydrogens is 371 g/mol. The second-order valence-electron chi connectivity index (χ2n) is 7.27. The average molecular weight is 395 g/mol. The van der Waals surface area contributed by atoms with Crippen LogP contribution < -0.4 is 0 Å². The van der Waals surface area contributed by atoms with Crippen molar-refractivity contribution in [2.24, 2.45) is 5.92 Å². The number of nitrogens with zero attached hydrogens (tertiary/aromatic N) is 3. The van der Waals surface area contributed by atoms with Gasteiger partial charge in [-0.1, -0.05) is 6.92 Å². The number of aliphatic hydroxyl groups excluding tert-OH is 1. The van der Waals surface area contributed by atoms with Crippen molar-refractivity contribution < 1.29 is 23.4 Å². The first-order chi connectivity index (χ1) is 13.2. The minimum Gasteiger partial charge on any atom is -0.507 e. The number of rotatable bonds is 4. The molecule has 3 rings (SSSR count). The Morgan fingerprint density at radius 1 is 1.25 bits per heavy atom. The van der Waals surface area contributed by atoms with E-state index in [1.54, 1.807) is 13.0 Å². The average Bonchev–Trinajstić information content (AvgIpc) is 2.67. The number of piperidine rings is 1. The molecule has 8 heteroatoms. The molecule has 28 heavy (non-hydrogen) atoms. The van der Waals surface area contributed by atoms with Crippen LogP contribution in [-0.4, -0.2) is 44.9 Å². The van der Waals surface area contributed by atoms with Crippen LogP contribution in [-0.2, 0) is 6.18 Å². The van der Waals surface area contributed by atoms with E-state index in [0.717, 1.165) is 38.5 Å². The van der Waals surface area contributed by atoms with Gasteiger partial charge in [0.15, 0.2) is 0 Å². The largest absolute Gasteiger partial charge is 0.507 e. The van der Waals surface area contributed by atoms with Gasteiger partial charge >= 0.3 is 6.18 Å². The van der Waals surface area contributed by atoms with Crippen LogP contribution in [0.25, 0.3) is 11.3 Å². The van der Waals surface area contributed by atoms with Crippen molar-refractivity contribution in [3.05, 3.63) is 41.1 Å². The number of aliphatic hydroxyl groups is 1. The van der Waals surface area contributed by atoms with E-state index in [-0.39, 0.29) is 11.5 Å². The number of phenolic OH excluding ortho intramolecular Hbond substituents is 1. The third-order valence-electron chi connectivity index (χ3n) is 5.32. The summed E-state index contributed by atoms with van der Waals surface area (Å²) in [6, 6.07) is 4.46. The van der Waals surface area contributed by atoms with Gasteiger partial charge in [-0.25, -0.2) is 0 Å². The minimum absolute atomic E-state index is 0.0627. The van der Waals surface area contributed by atoms with Crippen LogP contribution >= 0.6 is 0 Å². The standard InChI is InChI=1S/C20H24F3N3O2/c1-3-26-8-4-5-13(11-26)19(28)16-9-12(2)18(25-24-16)15-7-6-14(10-17(15)27)20(21,22)23/h6-7,9-10,13,19,27-28H,3-5,8,11H2,1-2H3. The monoisotopic (exact) mass is 395 g/mol. The number of aromatic nitrogens is 2. The Balaban J connectivity index is 1.85. The summed E-state index contributed by atoms with van der Waals surface area (Å²) in [7, 11) is 0. The summed E-state index contributed by atoms with van der Waals surface area (Å²) in [6.45, 7) is 6.57.